The number of nitrogens with zero attached hydrogens (tertiary/aromatic N) is 2. The first-order valence-electron chi connectivity index (χ1n) is 7.42. The Morgan fingerprint density at radius 1 is 1.33 bits per heavy atom. The van der Waals surface area contributed by atoms with Gasteiger partial charge in [-0.2, -0.15) is 4.31 Å². The Morgan fingerprint density at radius 3 is 2.86 bits per heavy atom. The van der Waals surface area contributed by atoms with Crippen LogP contribution in [0.1, 0.15) is 29.7 Å². The molecule has 0 saturated carbocycles. The molecule has 21 heavy (non-hydrogen) atoms. The van der Waals surface area contributed by atoms with Gasteiger partial charge in [-0.05, 0) is 37.9 Å². The highest BCUT2D eigenvalue weighted by Gasteiger charge is 2.35. The molecular weight excluding hydrogens is 328 g/mol. The second-order valence-electron chi connectivity index (χ2n) is 5.85. The zero-order chi connectivity index (χ0) is 15.0. The molecule has 0 aliphatic carbocycles. The van der Waals surface area contributed by atoms with E-state index in [1.165, 1.54) is 24.2 Å². The van der Waals surface area contributed by atoms with Gasteiger partial charge in [0, 0.05) is 30.6 Å². The third-order valence-electron chi connectivity index (χ3n) is 4.51. The molecular formula is C14H21ClN2O2S2. The third kappa shape index (κ3) is 3.01. The maximum Gasteiger partial charge on any atom is 0.252 e. The molecule has 4 nitrogen and oxygen atoms in total. The number of piperidine rings is 1. The van der Waals surface area contributed by atoms with Gasteiger partial charge in [-0.15, -0.1) is 22.9 Å². The first-order chi connectivity index (χ1) is 10.0. The van der Waals surface area contributed by atoms with Gasteiger partial charge in [-0.1, -0.05) is 6.42 Å². The van der Waals surface area contributed by atoms with Gasteiger partial charge in [0.2, 0.25) is 0 Å². The molecule has 1 aromatic rings. The van der Waals surface area contributed by atoms with E-state index in [2.05, 4.69) is 4.90 Å². The van der Waals surface area contributed by atoms with Crippen LogP contribution in [0.2, 0.25) is 0 Å². The van der Waals surface area contributed by atoms with E-state index in [0.29, 0.717) is 29.2 Å². The van der Waals surface area contributed by atoms with Crippen LogP contribution in [-0.2, 0) is 15.9 Å². The number of aryl methyl sites for hydroxylation is 1. The highest BCUT2D eigenvalue weighted by atomic mass is 35.5. The van der Waals surface area contributed by atoms with Crippen LogP contribution < -0.4 is 0 Å². The molecule has 0 aromatic carbocycles. The number of halogens is 1. The average molecular weight is 349 g/mol. The van der Waals surface area contributed by atoms with E-state index in [1.54, 1.807) is 10.4 Å². The van der Waals surface area contributed by atoms with Crippen molar-refractivity contribution in [1.82, 2.24) is 9.21 Å². The minimum atomic E-state index is -3.36. The van der Waals surface area contributed by atoms with Gasteiger partial charge in [-0.25, -0.2) is 8.42 Å². The standard InChI is InChI=1S/C14H21ClN2O2S2/c1-11-8-14(20-13(11)9-15)21(18,19)17-7-6-16-5-3-2-4-12(16)10-17/h8,12H,2-7,9-10H2,1H3. The van der Waals surface area contributed by atoms with E-state index in [4.69, 9.17) is 11.6 Å². The quantitative estimate of drug-likeness (QED) is 0.788. The lowest BCUT2D eigenvalue weighted by Crippen LogP contribution is -2.55. The van der Waals surface area contributed by atoms with Crippen LogP contribution in [0.15, 0.2) is 10.3 Å². The van der Waals surface area contributed by atoms with Crippen molar-refractivity contribution in [2.75, 3.05) is 26.2 Å². The molecule has 2 saturated heterocycles. The lowest BCUT2D eigenvalue weighted by Gasteiger charge is -2.43. The van der Waals surface area contributed by atoms with E-state index < -0.39 is 10.0 Å². The molecule has 7 heteroatoms. The summed E-state index contributed by atoms with van der Waals surface area (Å²) in [7, 11) is -3.36. The molecule has 2 aliphatic rings. The van der Waals surface area contributed by atoms with E-state index in [-0.39, 0.29) is 0 Å². The van der Waals surface area contributed by atoms with E-state index >= 15 is 0 Å². The Labute approximate surface area is 135 Å². The fourth-order valence-electron chi connectivity index (χ4n) is 3.22. The molecule has 0 bridgehead atoms. The van der Waals surface area contributed by atoms with Crippen LogP contribution in [0.3, 0.4) is 0 Å². The summed E-state index contributed by atoms with van der Waals surface area (Å²) in [5.41, 5.74) is 0.977. The molecule has 3 heterocycles. The minimum Gasteiger partial charge on any atom is -0.298 e. The SMILES string of the molecule is Cc1cc(S(=O)(=O)N2CCN3CCCCC3C2)sc1CCl. The number of sulfonamides is 1. The van der Waals surface area contributed by atoms with Gasteiger partial charge in [0.25, 0.3) is 10.0 Å². The van der Waals surface area contributed by atoms with Crippen LogP contribution in [-0.4, -0.2) is 49.8 Å². The van der Waals surface area contributed by atoms with Crippen molar-refractivity contribution in [3.8, 4) is 0 Å². The molecule has 118 valence electrons. The summed E-state index contributed by atoms with van der Waals surface area (Å²) in [6.45, 7) is 5.14. The molecule has 0 radical (unpaired) electrons. The second-order valence-corrected chi connectivity index (χ2v) is 9.42. The van der Waals surface area contributed by atoms with Gasteiger partial charge >= 0.3 is 0 Å². The molecule has 0 spiro atoms. The molecule has 0 N–H and O–H groups in total. The summed E-state index contributed by atoms with van der Waals surface area (Å²) in [5.74, 6) is 0.377. The van der Waals surface area contributed by atoms with Gasteiger partial charge in [0.05, 0.1) is 5.88 Å². The van der Waals surface area contributed by atoms with Crippen molar-refractivity contribution in [2.24, 2.45) is 0 Å². The number of fused-ring (bicyclic) bond motifs is 1. The number of piperazine rings is 1. The summed E-state index contributed by atoms with van der Waals surface area (Å²) < 4.78 is 27.7. The van der Waals surface area contributed by atoms with E-state index in [1.807, 2.05) is 6.92 Å². The number of rotatable bonds is 3. The van der Waals surface area contributed by atoms with Crippen molar-refractivity contribution >= 4 is 33.0 Å². The highest BCUT2D eigenvalue weighted by Crippen LogP contribution is 2.31. The van der Waals surface area contributed by atoms with Crippen LogP contribution in [0, 0.1) is 6.92 Å². The van der Waals surface area contributed by atoms with Crippen molar-refractivity contribution in [3.05, 3.63) is 16.5 Å². The van der Waals surface area contributed by atoms with E-state index in [0.717, 1.165) is 30.0 Å². The Hall–Kier alpha value is -0.140. The summed E-state index contributed by atoms with van der Waals surface area (Å²) in [6.07, 6.45) is 3.57. The van der Waals surface area contributed by atoms with Crippen LogP contribution >= 0.6 is 22.9 Å². The minimum absolute atomic E-state index is 0.377. The summed E-state index contributed by atoms with van der Waals surface area (Å²) >= 11 is 7.18. The first kappa shape index (κ1) is 15.7. The zero-order valence-corrected chi connectivity index (χ0v) is 14.6. The van der Waals surface area contributed by atoms with E-state index in [9.17, 15) is 8.42 Å². The lowest BCUT2D eigenvalue weighted by atomic mass is 10.0. The fourth-order valence-corrected chi connectivity index (χ4v) is 6.66. The zero-order valence-electron chi connectivity index (χ0n) is 12.2. The predicted molar refractivity (Wildman–Crippen MR) is 86.6 cm³/mol. The van der Waals surface area contributed by atoms with Crippen molar-refractivity contribution in [3.63, 3.8) is 0 Å². The third-order valence-corrected chi connectivity index (χ3v) is 8.49. The number of hydrogen-bond donors (Lipinski definition) is 0. The maximum absolute atomic E-state index is 12.8. The number of hydrogen-bond acceptors (Lipinski definition) is 4. The monoisotopic (exact) mass is 348 g/mol. The predicted octanol–water partition coefficient (Wildman–Crippen LogP) is 2.65. The Kier molecular flexibility index (Phi) is 4.62. The lowest BCUT2D eigenvalue weighted by molar-refractivity contribution is 0.0852. The molecule has 1 atom stereocenters. The van der Waals surface area contributed by atoms with Crippen LogP contribution in [0.25, 0.3) is 0 Å². The van der Waals surface area contributed by atoms with Gasteiger partial charge < -0.3 is 0 Å². The Balaban J connectivity index is 1.81. The molecule has 2 fully saturated rings. The highest BCUT2D eigenvalue weighted by molar-refractivity contribution is 7.91. The Morgan fingerprint density at radius 2 is 2.14 bits per heavy atom. The molecule has 1 aromatic heterocycles. The van der Waals surface area contributed by atoms with Crippen LogP contribution in [0.5, 0.6) is 0 Å². The number of thiophene rings is 1. The largest absolute Gasteiger partial charge is 0.298 e. The van der Waals surface area contributed by atoms with Gasteiger partial charge in [-0.3, -0.25) is 4.90 Å². The average Bonchev–Trinajstić information content (AvgIpc) is 2.88. The smallest absolute Gasteiger partial charge is 0.252 e. The molecule has 3 rings (SSSR count). The van der Waals surface area contributed by atoms with Gasteiger partial charge in [0.15, 0.2) is 0 Å². The topological polar surface area (TPSA) is 40.6 Å². The van der Waals surface area contributed by atoms with Gasteiger partial charge in [0.1, 0.15) is 4.21 Å². The van der Waals surface area contributed by atoms with Crippen molar-refractivity contribution in [1.29, 1.82) is 0 Å². The molecule has 0 amide bonds. The first-order valence-corrected chi connectivity index (χ1v) is 10.2. The summed E-state index contributed by atoms with van der Waals surface area (Å²) in [4.78, 5) is 3.39. The fraction of sp³-hybridized carbons (Fsp3) is 0.714. The van der Waals surface area contributed by atoms with Crippen LogP contribution in [0.4, 0.5) is 0 Å². The maximum atomic E-state index is 12.8. The van der Waals surface area contributed by atoms with Crippen molar-refractivity contribution in [2.45, 2.75) is 42.3 Å². The Bertz CT molecular complexity index is 614. The number of alkyl halides is 1. The summed E-state index contributed by atoms with van der Waals surface area (Å²) in [5, 5.41) is 0. The normalized spacial score (nSPS) is 25.0. The molecule has 1 unspecified atom stereocenters. The second kappa shape index (κ2) is 6.16. The molecule has 2 aliphatic heterocycles. The van der Waals surface area contributed by atoms with Crippen molar-refractivity contribution < 1.29 is 8.42 Å². The summed E-state index contributed by atoms with van der Waals surface area (Å²) in [6, 6.07) is 2.17.